The highest BCUT2D eigenvalue weighted by molar-refractivity contribution is 6.08. The molecule has 2 unspecified atom stereocenters. The lowest BCUT2D eigenvalue weighted by molar-refractivity contribution is -0.134. The molecule has 0 aromatic heterocycles. The van der Waals surface area contributed by atoms with Crippen molar-refractivity contribution in [2.24, 2.45) is 11.0 Å². The molecular weight excluding hydrogens is 436 g/mol. The van der Waals surface area contributed by atoms with Gasteiger partial charge in [0.05, 0.1) is 18.3 Å². The highest BCUT2D eigenvalue weighted by Crippen LogP contribution is 2.44. The van der Waals surface area contributed by atoms with Crippen LogP contribution in [0, 0.1) is 5.92 Å². The van der Waals surface area contributed by atoms with Crippen molar-refractivity contribution in [1.29, 1.82) is 0 Å². The molecule has 6 heteroatoms. The zero-order chi connectivity index (χ0) is 24.2. The van der Waals surface area contributed by atoms with Crippen LogP contribution in [-0.4, -0.2) is 65.1 Å². The fourth-order valence-electron chi connectivity index (χ4n) is 5.65. The minimum Gasteiger partial charge on any atom is -0.342 e. The molecule has 1 saturated heterocycles. The molecular formula is C29H34N4O2. The number of hydrogen-bond acceptors (Lipinski definition) is 4. The van der Waals surface area contributed by atoms with E-state index in [-0.39, 0.29) is 23.8 Å². The van der Waals surface area contributed by atoms with Crippen molar-refractivity contribution in [3.63, 3.8) is 0 Å². The highest BCUT2D eigenvalue weighted by atomic mass is 16.2. The van der Waals surface area contributed by atoms with E-state index in [0.717, 1.165) is 50.0 Å². The van der Waals surface area contributed by atoms with Crippen LogP contribution >= 0.6 is 0 Å². The van der Waals surface area contributed by atoms with Crippen LogP contribution in [-0.2, 0) is 9.59 Å². The smallest absolute Gasteiger partial charge is 0.257 e. The maximum absolute atomic E-state index is 13.7. The van der Waals surface area contributed by atoms with E-state index in [1.165, 1.54) is 11.1 Å². The molecule has 35 heavy (non-hydrogen) atoms. The highest BCUT2D eigenvalue weighted by Gasteiger charge is 2.43. The molecule has 2 heterocycles. The number of amides is 2. The molecule has 0 bridgehead atoms. The number of carbonyl (C=O) groups is 2. The second-order valence-corrected chi connectivity index (χ2v) is 9.79. The van der Waals surface area contributed by atoms with Gasteiger partial charge in [-0.3, -0.25) is 14.5 Å². The number of hydrogen-bond donors (Lipinski definition) is 0. The SMILES string of the molecule is CC(=O)N1CCCN(CC(=O)N2N=C3/C(=C\c4ccccc4)CCCC3C2c2ccccc2)CC1. The average Bonchev–Trinajstić information content (AvgIpc) is 3.12. The quantitative estimate of drug-likeness (QED) is 0.667. The zero-order valence-electron chi connectivity index (χ0n) is 20.5. The molecule has 0 N–H and O–H groups in total. The van der Waals surface area contributed by atoms with E-state index < -0.39 is 0 Å². The molecule has 182 valence electrons. The summed E-state index contributed by atoms with van der Waals surface area (Å²) in [6.45, 7) is 4.91. The van der Waals surface area contributed by atoms with E-state index in [0.29, 0.717) is 19.6 Å². The van der Waals surface area contributed by atoms with Gasteiger partial charge in [-0.2, -0.15) is 5.10 Å². The lowest BCUT2D eigenvalue weighted by Crippen LogP contribution is -2.41. The number of fused-ring (bicyclic) bond motifs is 1. The Morgan fingerprint density at radius 1 is 0.943 bits per heavy atom. The number of rotatable bonds is 4. The average molecular weight is 471 g/mol. The Morgan fingerprint density at radius 3 is 2.43 bits per heavy atom. The number of carbonyl (C=O) groups excluding carboxylic acids is 2. The summed E-state index contributed by atoms with van der Waals surface area (Å²) in [6.07, 6.45) is 6.25. The van der Waals surface area contributed by atoms with E-state index in [1.54, 1.807) is 11.9 Å². The van der Waals surface area contributed by atoms with Crippen molar-refractivity contribution in [2.45, 2.75) is 38.6 Å². The Balaban J connectivity index is 1.41. The number of hydrazone groups is 1. The molecule has 2 aliphatic heterocycles. The summed E-state index contributed by atoms with van der Waals surface area (Å²) >= 11 is 0. The van der Waals surface area contributed by atoms with Gasteiger partial charge in [0.15, 0.2) is 0 Å². The molecule has 1 saturated carbocycles. The van der Waals surface area contributed by atoms with Crippen LogP contribution in [0.15, 0.2) is 71.3 Å². The summed E-state index contributed by atoms with van der Waals surface area (Å²) in [5.41, 5.74) is 4.63. The molecule has 2 aromatic rings. The molecule has 0 radical (unpaired) electrons. The van der Waals surface area contributed by atoms with Crippen molar-refractivity contribution in [1.82, 2.24) is 14.8 Å². The Kier molecular flexibility index (Phi) is 7.09. The molecule has 2 fully saturated rings. The third-order valence-electron chi connectivity index (χ3n) is 7.43. The molecule has 6 nitrogen and oxygen atoms in total. The molecule has 1 aliphatic carbocycles. The predicted molar refractivity (Wildman–Crippen MR) is 139 cm³/mol. The first-order valence-corrected chi connectivity index (χ1v) is 12.8. The summed E-state index contributed by atoms with van der Waals surface area (Å²) in [5, 5.41) is 6.79. The Bertz CT molecular complexity index is 1110. The van der Waals surface area contributed by atoms with E-state index in [2.05, 4.69) is 47.4 Å². The van der Waals surface area contributed by atoms with E-state index in [1.807, 2.05) is 29.2 Å². The van der Waals surface area contributed by atoms with Gasteiger partial charge in [-0.15, -0.1) is 0 Å². The number of benzene rings is 2. The van der Waals surface area contributed by atoms with Gasteiger partial charge in [-0.05, 0) is 48.5 Å². The van der Waals surface area contributed by atoms with E-state index in [9.17, 15) is 9.59 Å². The summed E-state index contributed by atoms with van der Waals surface area (Å²) in [7, 11) is 0. The Labute approximate surface area is 207 Å². The van der Waals surface area contributed by atoms with Crippen LogP contribution in [0.5, 0.6) is 0 Å². The molecule has 0 spiro atoms. The summed E-state index contributed by atoms with van der Waals surface area (Å²) in [5.74, 6) is 0.355. The van der Waals surface area contributed by atoms with Crippen molar-refractivity contribution in [3.8, 4) is 0 Å². The molecule has 2 aromatic carbocycles. The van der Waals surface area contributed by atoms with Gasteiger partial charge in [-0.1, -0.05) is 60.7 Å². The fourth-order valence-corrected chi connectivity index (χ4v) is 5.65. The van der Waals surface area contributed by atoms with Crippen LogP contribution in [0.4, 0.5) is 0 Å². The minimum absolute atomic E-state index is 0.0380. The first kappa shape index (κ1) is 23.5. The van der Waals surface area contributed by atoms with E-state index in [4.69, 9.17) is 5.10 Å². The van der Waals surface area contributed by atoms with Gasteiger partial charge in [0.1, 0.15) is 0 Å². The van der Waals surface area contributed by atoms with Crippen LogP contribution in [0.1, 0.15) is 49.8 Å². The van der Waals surface area contributed by atoms with Gasteiger partial charge in [-0.25, -0.2) is 5.01 Å². The summed E-state index contributed by atoms with van der Waals surface area (Å²) in [4.78, 5) is 29.6. The zero-order valence-corrected chi connectivity index (χ0v) is 20.5. The normalized spacial score (nSPS) is 24.1. The molecule has 5 rings (SSSR count). The number of nitrogens with zero attached hydrogens (tertiary/aromatic N) is 4. The molecule has 3 aliphatic rings. The molecule has 2 atom stereocenters. The van der Waals surface area contributed by atoms with Crippen molar-refractivity contribution in [3.05, 3.63) is 77.4 Å². The minimum atomic E-state index is -0.0705. The first-order valence-electron chi connectivity index (χ1n) is 12.8. The van der Waals surface area contributed by atoms with Crippen LogP contribution in [0.2, 0.25) is 0 Å². The predicted octanol–water partition coefficient (Wildman–Crippen LogP) is 4.36. The second kappa shape index (κ2) is 10.6. The van der Waals surface area contributed by atoms with Gasteiger partial charge < -0.3 is 4.90 Å². The maximum Gasteiger partial charge on any atom is 0.257 e. The van der Waals surface area contributed by atoms with Gasteiger partial charge in [0.25, 0.3) is 5.91 Å². The fraction of sp³-hybridized carbons (Fsp3) is 0.414. The van der Waals surface area contributed by atoms with Crippen LogP contribution in [0.25, 0.3) is 6.08 Å². The van der Waals surface area contributed by atoms with Crippen LogP contribution < -0.4 is 0 Å². The van der Waals surface area contributed by atoms with Crippen LogP contribution in [0.3, 0.4) is 0 Å². The lowest BCUT2D eigenvalue weighted by Gasteiger charge is -2.30. The topological polar surface area (TPSA) is 56.2 Å². The van der Waals surface area contributed by atoms with Gasteiger partial charge in [0, 0.05) is 39.0 Å². The first-order chi connectivity index (χ1) is 17.1. The Hall–Kier alpha value is -3.25. The maximum atomic E-state index is 13.7. The summed E-state index contributed by atoms with van der Waals surface area (Å²) < 4.78 is 0. The monoisotopic (exact) mass is 470 g/mol. The van der Waals surface area contributed by atoms with Crippen molar-refractivity contribution < 1.29 is 9.59 Å². The molecule has 2 amide bonds. The standard InChI is InChI=1S/C29H34N4O2/c1-22(34)32-17-9-16-31(18-19-32)21-27(35)33-29(24-12-6-3-7-13-24)26-15-8-14-25(28(26)30-33)20-23-10-4-2-5-11-23/h2-7,10-13,20,26,29H,8-9,14-19,21H2,1H3/b25-20-. The van der Waals surface area contributed by atoms with Crippen molar-refractivity contribution >= 4 is 23.6 Å². The summed E-state index contributed by atoms with van der Waals surface area (Å²) in [6, 6.07) is 20.7. The Morgan fingerprint density at radius 2 is 1.69 bits per heavy atom. The third kappa shape index (κ3) is 5.22. The van der Waals surface area contributed by atoms with Gasteiger partial charge >= 0.3 is 0 Å². The van der Waals surface area contributed by atoms with Crippen molar-refractivity contribution in [2.75, 3.05) is 32.7 Å². The second-order valence-electron chi connectivity index (χ2n) is 9.79. The van der Waals surface area contributed by atoms with Gasteiger partial charge in [0.2, 0.25) is 5.91 Å². The lowest BCUT2D eigenvalue weighted by atomic mass is 9.77. The van der Waals surface area contributed by atoms with E-state index >= 15 is 0 Å². The number of allylic oxidation sites excluding steroid dienone is 1. The third-order valence-corrected chi connectivity index (χ3v) is 7.43. The largest absolute Gasteiger partial charge is 0.342 e.